The first-order valence-electron chi connectivity index (χ1n) is 12.0. The van der Waals surface area contributed by atoms with E-state index in [-0.39, 0.29) is 11.9 Å². The van der Waals surface area contributed by atoms with E-state index in [1.807, 2.05) is 65.2 Å². The molecule has 0 radical (unpaired) electrons. The average molecular weight is 500 g/mol. The molecular formula is C28H29N5O2S. The van der Waals surface area contributed by atoms with Gasteiger partial charge in [-0.1, -0.05) is 24.3 Å². The smallest absolute Gasteiger partial charge is 0.220 e. The third kappa shape index (κ3) is 4.95. The maximum Gasteiger partial charge on any atom is 0.220 e. The normalized spacial score (nSPS) is 12.2. The Kier molecular flexibility index (Phi) is 7.23. The predicted molar refractivity (Wildman–Crippen MR) is 145 cm³/mol. The van der Waals surface area contributed by atoms with Crippen LogP contribution in [0.1, 0.15) is 30.3 Å². The van der Waals surface area contributed by atoms with Gasteiger partial charge in [-0.2, -0.15) is 11.8 Å². The number of nitrogens with zero attached hydrogens (tertiary/aromatic N) is 3. The summed E-state index contributed by atoms with van der Waals surface area (Å²) in [6.07, 6.45) is 5.78. The van der Waals surface area contributed by atoms with Crippen LogP contribution < -0.4 is 10.1 Å². The molecule has 0 fully saturated rings. The number of carbonyl (C=O) groups excluding carboxylic acids is 1. The molecular weight excluding hydrogens is 470 g/mol. The van der Waals surface area contributed by atoms with Crippen molar-refractivity contribution >= 4 is 34.2 Å². The number of fused-ring (bicyclic) bond motifs is 2. The van der Waals surface area contributed by atoms with Gasteiger partial charge in [0, 0.05) is 29.2 Å². The number of aryl methyl sites for hydroxylation is 1. The molecule has 8 heteroatoms. The van der Waals surface area contributed by atoms with Gasteiger partial charge in [0.05, 0.1) is 13.2 Å². The van der Waals surface area contributed by atoms with Crippen LogP contribution in [-0.4, -0.2) is 44.6 Å². The standard InChI is InChI=1S/C28H29N5O2S/c1-35-20-12-10-19(11-13-20)27-22(21-7-3-4-8-23(21)30-27)14-15-26(34)29-24(16-18-36-2)28-32-31-25-9-5-6-17-33(25)28/h3-13,17,24,30H,14-16,18H2,1-2H3,(H,29,34)/t24-/m0/s1. The lowest BCUT2D eigenvalue weighted by atomic mass is 10.0. The largest absolute Gasteiger partial charge is 0.497 e. The number of aromatic nitrogens is 4. The summed E-state index contributed by atoms with van der Waals surface area (Å²) in [5.41, 5.74) is 5.08. The predicted octanol–water partition coefficient (Wildman–Crippen LogP) is 5.43. The fourth-order valence-corrected chi connectivity index (χ4v) is 5.04. The zero-order valence-electron chi connectivity index (χ0n) is 20.4. The fourth-order valence-electron chi connectivity index (χ4n) is 4.57. The van der Waals surface area contributed by atoms with E-state index >= 15 is 0 Å². The highest BCUT2D eigenvalue weighted by molar-refractivity contribution is 7.98. The summed E-state index contributed by atoms with van der Waals surface area (Å²) >= 11 is 1.75. The highest BCUT2D eigenvalue weighted by Crippen LogP contribution is 2.32. The Balaban J connectivity index is 1.37. The number of hydrogen-bond acceptors (Lipinski definition) is 5. The van der Waals surface area contributed by atoms with Crippen molar-refractivity contribution in [3.63, 3.8) is 0 Å². The Bertz CT molecular complexity index is 1470. The van der Waals surface area contributed by atoms with Crippen molar-refractivity contribution in [1.29, 1.82) is 0 Å². The third-order valence-electron chi connectivity index (χ3n) is 6.39. The van der Waals surface area contributed by atoms with Gasteiger partial charge in [0.25, 0.3) is 0 Å². The van der Waals surface area contributed by atoms with Crippen LogP contribution >= 0.6 is 11.8 Å². The molecule has 0 saturated carbocycles. The molecule has 0 bridgehead atoms. The number of rotatable bonds is 10. The van der Waals surface area contributed by atoms with E-state index in [1.54, 1.807) is 18.9 Å². The second-order valence-corrected chi connectivity index (χ2v) is 9.63. The molecule has 0 unspecified atom stereocenters. The number of H-pyrrole nitrogens is 1. The molecule has 5 rings (SSSR count). The Morgan fingerprint density at radius 1 is 1.08 bits per heavy atom. The SMILES string of the molecule is COc1ccc(-c2[nH]c3ccccc3c2CCC(=O)N[C@@H](CCSC)c2nnc3ccccn23)cc1. The first-order valence-corrected chi connectivity index (χ1v) is 13.4. The molecule has 5 aromatic rings. The Hall–Kier alpha value is -3.78. The number of amides is 1. The van der Waals surface area contributed by atoms with Crippen LogP contribution in [0.2, 0.25) is 0 Å². The van der Waals surface area contributed by atoms with Gasteiger partial charge < -0.3 is 15.0 Å². The Morgan fingerprint density at radius 2 is 1.89 bits per heavy atom. The van der Waals surface area contributed by atoms with E-state index in [4.69, 9.17) is 4.74 Å². The summed E-state index contributed by atoms with van der Waals surface area (Å²) in [4.78, 5) is 16.8. The number of benzene rings is 2. The van der Waals surface area contributed by atoms with E-state index < -0.39 is 0 Å². The van der Waals surface area contributed by atoms with E-state index in [1.165, 1.54) is 0 Å². The Labute approximate surface area is 214 Å². The number of thioether (sulfide) groups is 1. The number of aromatic amines is 1. The Morgan fingerprint density at radius 3 is 2.69 bits per heavy atom. The molecule has 0 aliphatic carbocycles. The van der Waals surface area contributed by atoms with E-state index in [0.717, 1.165) is 57.1 Å². The highest BCUT2D eigenvalue weighted by Gasteiger charge is 2.21. The monoisotopic (exact) mass is 499 g/mol. The topological polar surface area (TPSA) is 84.3 Å². The molecule has 3 heterocycles. The van der Waals surface area contributed by atoms with Crippen molar-refractivity contribution in [1.82, 2.24) is 24.9 Å². The van der Waals surface area contributed by atoms with Crippen molar-refractivity contribution in [2.75, 3.05) is 19.1 Å². The zero-order valence-corrected chi connectivity index (χ0v) is 21.2. The molecule has 0 saturated heterocycles. The van der Waals surface area contributed by atoms with Crippen molar-refractivity contribution < 1.29 is 9.53 Å². The maximum absolute atomic E-state index is 13.2. The third-order valence-corrected chi connectivity index (χ3v) is 7.04. The molecule has 0 aliphatic heterocycles. The van der Waals surface area contributed by atoms with Crippen LogP contribution in [0.15, 0.2) is 72.9 Å². The first kappa shape index (κ1) is 23.9. The van der Waals surface area contributed by atoms with Crippen molar-refractivity contribution in [3.8, 4) is 17.0 Å². The van der Waals surface area contributed by atoms with Gasteiger partial charge in [-0.25, -0.2) is 0 Å². The molecule has 3 aromatic heterocycles. The molecule has 2 N–H and O–H groups in total. The van der Waals surface area contributed by atoms with Gasteiger partial charge in [0.2, 0.25) is 5.91 Å². The molecule has 184 valence electrons. The van der Waals surface area contributed by atoms with Gasteiger partial charge in [0.15, 0.2) is 11.5 Å². The summed E-state index contributed by atoms with van der Waals surface area (Å²) < 4.78 is 7.27. The highest BCUT2D eigenvalue weighted by atomic mass is 32.2. The van der Waals surface area contributed by atoms with Crippen molar-refractivity contribution in [2.24, 2.45) is 0 Å². The molecule has 1 amide bonds. The number of carbonyl (C=O) groups is 1. The molecule has 0 spiro atoms. The van der Waals surface area contributed by atoms with Gasteiger partial charge in [-0.15, -0.1) is 10.2 Å². The van der Waals surface area contributed by atoms with Crippen LogP contribution in [0, 0.1) is 0 Å². The van der Waals surface area contributed by atoms with Gasteiger partial charge in [0.1, 0.15) is 5.75 Å². The number of hydrogen-bond donors (Lipinski definition) is 2. The lowest BCUT2D eigenvalue weighted by molar-refractivity contribution is -0.121. The number of nitrogens with one attached hydrogen (secondary N) is 2. The summed E-state index contributed by atoms with van der Waals surface area (Å²) in [5, 5.41) is 13.0. The van der Waals surface area contributed by atoms with Crippen LogP contribution in [0.5, 0.6) is 5.75 Å². The zero-order chi connectivity index (χ0) is 24.9. The van der Waals surface area contributed by atoms with Crippen LogP contribution in [0.4, 0.5) is 0 Å². The summed E-state index contributed by atoms with van der Waals surface area (Å²) in [6, 6.07) is 21.8. The molecule has 7 nitrogen and oxygen atoms in total. The fraction of sp³-hybridized carbons (Fsp3) is 0.250. The lowest BCUT2D eigenvalue weighted by Crippen LogP contribution is -2.30. The second kappa shape index (κ2) is 10.9. The number of pyridine rings is 1. The van der Waals surface area contributed by atoms with Gasteiger partial charge in [-0.05, 0) is 78.4 Å². The minimum absolute atomic E-state index is 0.000235. The minimum atomic E-state index is -0.202. The van der Waals surface area contributed by atoms with Crippen LogP contribution in [-0.2, 0) is 11.2 Å². The number of para-hydroxylation sites is 1. The van der Waals surface area contributed by atoms with Gasteiger partial charge >= 0.3 is 0 Å². The van der Waals surface area contributed by atoms with Crippen molar-refractivity contribution in [2.45, 2.75) is 25.3 Å². The van der Waals surface area contributed by atoms with Crippen LogP contribution in [0.3, 0.4) is 0 Å². The second-order valence-electron chi connectivity index (χ2n) is 8.64. The summed E-state index contributed by atoms with van der Waals surface area (Å²) in [5.74, 6) is 2.49. The van der Waals surface area contributed by atoms with Gasteiger partial charge in [-0.3, -0.25) is 9.20 Å². The molecule has 0 aliphatic rings. The quantitative estimate of drug-likeness (QED) is 0.268. The summed E-state index contributed by atoms with van der Waals surface area (Å²) in [7, 11) is 1.66. The first-order chi connectivity index (χ1) is 17.7. The molecule has 2 aromatic carbocycles. The maximum atomic E-state index is 13.2. The average Bonchev–Trinajstić information content (AvgIpc) is 3.51. The molecule has 36 heavy (non-hydrogen) atoms. The van der Waals surface area contributed by atoms with E-state index in [2.05, 4.69) is 38.9 Å². The van der Waals surface area contributed by atoms with E-state index in [9.17, 15) is 4.79 Å². The lowest BCUT2D eigenvalue weighted by Gasteiger charge is -2.17. The molecule has 1 atom stereocenters. The number of methoxy groups -OCH3 is 1. The van der Waals surface area contributed by atoms with E-state index in [0.29, 0.717) is 12.8 Å². The summed E-state index contributed by atoms with van der Waals surface area (Å²) in [6.45, 7) is 0. The van der Waals surface area contributed by atoms with Crippen molar-refractivity contribution in [3.05, 3.63) is 84.3 Å². The van der Waals surface area contributed by atoms with Crippen LogP contribution in [0.25, 0.3) is 27.8 Å². The minimum Gasteiger partial charge on any atom is -0.497 e. The number of ether oxygens (including phenoxy) is 1.